The lowest BCUT2D eigenvalue weighted by molar-refractivity contribution is 0.262. The minimum atomic E-state index is -2.26. The van der Waals surface area contributed by atoms with E-state index < -0.39 is 26.6 Å². The van der Waals surface area contributed by atoms with Gasteiger partial charge >= 0.3 is 0 Å². The van der Waals surface area contributed by atoms with Crippen molar-refractivity contribution >= 4 is 21.9 Å². The Morgan fingerprint density at radius 3 is 2.42 bits per heavy atom. The first-order valence-electron chi connectivity index (χ1n) is 7.32. The summed E-state index contributed by atoms with van der Waals surface area (Å²) >= 11 is -2.26. The van der Waals surface area contributed by atoms with Crippen LogP contribution in [0.15, 0.2) is 64.1 Å². The number of ether oxygens (including phenoxy) is 1. The molecule has 0 saturated heterocycles. The van der Waals surface area contributed by atoms with E-state index in [0.29, 0.717) is 22.8 Å². The van der Waals surface area contributed by atoms with Crippen LogP contribution in [0.4, 0.5) is 0 Å². The zero-order valence-corrected chi connectivity index (χ0v) is 15.1. The van der Waals surface area contributed by atoms with Crippen LogP contribution < -0.4 is 4.74 Å². The number of benzene rings is 1. The second-order valence-electron chi connectivity index (χ2n) is 5.78. The molecule has 0 radical (unpaired) electrons. The Labute approximate surface area is 146 Å². The average Bonchev–Trinajstić information content (AvgIpc) is 2.80. The van der Waals surface area contributed by atoms with Gasteiger partial charge in [-0.1, -0.05) is 6.08 Å². The number of rotatable bonds is 6. The van der Waals surface area contributed by atoms with Crippen molar-refractivity contribution in [2.75, 3.05) is 6.61 Å². The van der Waals surface area contributed by atoms with Crippen molar-refractivity contribution in [1.82, 2.24) is 0 Å². The molecule has 130 valence electrons. The van der Waals surface area contributed by atoms with Gasteiger partial charge < -0.3 is 14.4 Å². The summed E-state index contributed by atoms with van der Waals surface area (Å²) in [6.07, 6.45) is 6.90. The van der Waals surface area contributed by atoms with Crippen LogP contribution in [0.2, 0.25) is 0 Å². The summed E-state index contributed by atoms with van der Waals surface area (Å²) in [7, 11) is -1.33. The Kier molecular flexibility index (Phi) is 6.28. The largest absolute Gasteiger partial charge is 0.768 e. The van der Waals surface area contributed by atoms with Crippen molar-refractivity contribution in [2.45, 2.75) is 29.9 Å². The molecule has 0 fully saturated rings. The third kappa shape index (κ3) is 4.73. The van der Waals surface area contributed by atoms with Crippen molar-refractivity contribution < 1.29 is 22.8 Å². The average molecular weight is 367 g/mol. The second-order valence-corrected chi connectivity index (χ2v) is 8.83. The lowest BCUT2D eigenvalue weighted by Crippen LogP contribution is -2.30. The maximum absolute atomic E-state index is 12.4. The van der Waals surface area contributed by atoms with Crippen molar-refractivity contribution in [3.05, 3.63) is 59.2 Å². The minimum absolute atomic E-state index is 0.175. The summed E-state index contributed by atoms with van der Waals surface area (Å²) in [6.45, 7) is 3.30. The number of allylic oxidation sites excluding steroid dienone is 4. The fourth-order valence-electron chi connectivity index (χ4n) is 1.94. The van der Waals surface area contributed by atoms with Gasteiger partial charge in [0.25, 0.3) is 0 Å². The molecule has 1 aromatic rings. The van der Waals surface area contributed by atoms with E-state index >= 15 is 0 Å². The van der Waals surface area contributed by atoms with E-state index in [1.807, 2.05) is 0 Å². The molecule has 1 aliphatic carbocycles. The highest BCUT2D eigenvalue weighted by Crippen LogP contribution is 2.24. The molecule has 2 atom stereocenters. The van der Waals surface area contributed by atoms with Crippen LogP contribution in [0, 0.1) is 0 Å². The molecule has 0 bridgehead atoms. The fraction of sp³-hybridized carbons (Fsp3) is 0.294. The molecule has 0 amide bonds. The van der Waals surface area contributed by atoms with Crippen LogP contribution in [0.1, 0.15) is 20.3 Å². The van der Waals surface area contributed by atoms with E-state index in [0.717, 1.165) is 0 Å². The van der Waals surface area contributed by atoms with Gasteiger partial charge in [0, 0.05) is 9.80 Å². The molecule has 5 nitrogen and oxygen atoms in total. The summed E-state index contributed by atoms with van der Waals surface area (Å²) in [5.41, 5.74) is 0. The van der Waals surface area contributed by atoms with E-state index in [2.05, 4.69) is 0 Å². The summed E-state index contributed by atoms with van der Waals surface area (Å²) < 4.78 is 39.2. The van der Waals surface area contributed by atoms with Gasteiger partial charge in [0.05, 0.1) is 22.2 Å². The molecule has 0 saturated carbocycles. The first kappa shape index (κ1) is 18.8. The predicted molar refractivity (Wildman–Crippen MR) is 93.5 cm³/mol. The van der Waals surface area contributed by atoms with Crippen LogP contribution >= 0.6 is 0 Å². The first-order valence-corrected chi connectivity index (χ1v) is 9.54. The summed E-state index contributed by atoms with van der Waals surface area (Å²) in [5, 5.41) is 9.30. The molecule has 1 N–H and O–H groups in total. The molecular weight excluding hydrogens is 348 g/mol. The standard InChI is InChI=1S/C17H20O5S2/c1-17(2,12-18)23(19)15-9-6-14(7-10-15)22-13-4-3-5-16(11-8-13)24(20)21/h4-11,18H,3,12H2,1-2H3,(H,20,21)/p-1. The molecule has 24 heavy (non-hydrogen) atoms. The highest BCUT2D eigenvalue weighted by atomic mass is 32.2. The zero-order valence-electron chi connectivity index (χ0n) is 13.4. The Morgan fingerprint density at radius 2 is 1.83 bits per heavy atom. The number of hydrogen-bond acceptors (Lipinski definition) is 5. The molecule has 2 rings (SSSR count). The predicted octanol–water partition coefficient (Wildman–Crippen LogP) is 2.55. The van der Waals surface area contributed by atoms with E-state index in [1.165, 1.54) is 6.08 Å². The van der Waals surface area contributed by atoms with Gasteiger partial charge in [0.1, 0.15) is 11.5 Å². The zero-order chi connectivity index (χ0) is 17.7. The second kappa shape index (κ2) is 8.02. The molecule has 0 aromatic heterocycles. The molecule has 1 aromatic carbocycles. The highest BCUT2D eigenvalue weighted by molar-refractivity contribution is 7.86. The van der Waals surface area contributed by atoms with E-state index in [4.69, 9.17) is 4.74 Å². The summed E-state index contributed by atoms with van der Waals surface area (Å²) in [6, 6.07) is 6.78. The lowest BCUT2D eigenvalue weighted by Gasteiger charge is -2.20. The third-order valence-electron chi connectivity index (χ3n) is 3.40. The van der Waals surface area contributed by atoms with Crippen LogP contribution in [0.3, 0.4) is 0 Å². The SMILES string of the molecule is CC(C)(CO)S(=O)c1ccc(OC2=CCC=C(S(=O)[O-])C=C2)cc1. The Bertz CT molecular complexity index is 730. The fourth-order valence-corrected chi connectivity index (χ4v) is 3.49. The van der Waals surface area contributed by atoms with Crippen molar-refractivity contribution in [3.63, 3.8) is 0 Å². The van der Waals surface area contributed by atoms with Gasteiger partial charge in [-0.15, -0.1) is 0 Å². The number of hydrogen-bond donors (Lipinski definition) is 1. The Hall–Kier alpha value is -1.54. The van der Waals surface area contributed by atoms with E-state index in [-0.39, 0.29) is 11.5 Å². The normalized spacial score (nSPS) is 17.5. The maximum atomic E-state index is 12.4. The van der Waals surface area contributed by atoms with Gasteiger partial charge in [-0.25, -0.2) is 0 Å². The Morgan fingerprint density at radius 1 is 1.17 bits per heavy atom. The molecule has 0 aliphatic heterocycles. The number of aliphatic hydroxyl groups is 1. The summed E-state index contributed by atoms with van der Waals surface area (Å²) in [5.74, 6) is 1.09. The molecule has 0 heterocycles. The number of aliphatic hydroxyl groups excluding tert-OH is 1. The minimum Gasteiger partial charge on any atom is -0.768 e. The Balaban J connectivity index is 2.08. The maximum Gasteiger partial charge on any atom is 0.127 e. The van der Waals surface area contributed by atoms with Gasteiger partial charge in [0.15, 0.2) is 0 Å². The lowest BCUT2D eigenvalue weighted by atomic mass is 10.2. The summed E-state index contributed by atoms with van der Waals surface area (Å²) in [4.78, 5) is 0.833. The smallest absolute Gasteiger partial charge is 0.127 e. The van der Waals surface area contributed by atoms with E-state index in [9.17, 15) is 18.1 Å². The topological polar surface area (TPSA) is 86.7 Å². The van der Waals surface area contributed by atoms with E-state index in [1.54, 1.807) is 56.3 Å². The molecule has 1 aliphatic rings. The third-order valence-corrected chi connectivity index (χ3v) is 5.92. The first-order chi connectivity index (χ1) is 11.3. The van der Waals surface area contributed by atoms with Crippen molar-refractivity contribution in [2.24, 2.45) is 0 Å². The van der Waals surface area contributed by atoms with Gasteiger partial charge in [-0.05, 0) is 73.8 Å². The van der Waals surface area contributed by atoms with Gasteiger partial charge in [-0.2, -0.15) is 0 Å². The van der Waals surface area contributed by atoms with Crippen LogP contribution in [-0.4, -0.2) is 29.4 Å². The monoisotopic (exact) mass is 367 g/mol. The van der Waals surface area contributed by atoms with Gasteiger partial charge in [-0.3, -0.25) is 8.42 Å². The van der Waals surface area contributed by atoms with Crippen LogP contribution in [-0.2, 0) is 21.9 Å². The quantitative estimate of drug-likeness (QED) is 0.781. The highest BCUT2D eigenvalue weighted by Gasteiger charge is 2.26. The van der Waals surface area contributed by atoms with Crippen molar-refractivity contribution in [3.8, 4) is 5.75 Å². The molecule has 7 heteroatoms. The molecule has 2 unspecified atom stereocenters. The molecular formula is C17H19O5S2-. The molecule has 0 spiro atoms. The van der Waals surface area contributed by atoms with Crippen molar-refractivity contribution in [1.29, 1.82) is 0 Å². The van der Waals surface area contributed by atoms with Crippen LogP contribution in [0.5, 0.6) is 5.75 Å². The van der Waals surface area contributed by atoms with Crippen LogP contribution in [0.25, 0.3) is 0 Å². The van der Waals surface area contributed by atoms with Gasteiger partial charge in [0.2, 0.25) is 0 Å².